The molecule has 0 bridgehead atoms. The van der Waals surface area contributed by atoms with Crippen LogP contribution < -0.4 is 0 Å². The number of carbonyl (C=O) groups is 2. The Balaban J connectivity index is 6.51. The van der Waals surface area contributed by atoms with Crippen molar-refractivity contribution in [1.29, 1.82) is 0 Å². The van der Waals surface area contributed by atoms with Crippen LogP contribution in [0.5, 0.6) is 0 Å². The van der Waals surface area contributed by atoms with Gasteiger partial charge >= 0.3 is 35.2 Å². The summed E-state index contributed by atoms with van der Waals surface area (Å²) in [5.74, 6) is -4.16. The summed E-state index contributed by atoms with van der Waals surface area (Å²) in [6.07, 6.45) is -11.6. The molecule has 0 aromatic heterocycles. The summed E-state index contributed by atoms with van der Waals surface area (Å²) in [4.78, 5) is 21.7. The van der Waals surface area contributed by atoms with Gasteiger partial charge < -0.3 is 9.47 Å². The third kappa shape index (κ3) is 4.01. The molecular weight excluding hydrogens is 412 g/mol. The summed E-state index contributed by atoms with van der Waals surface area (Å²) in [7, 11) is -6.42. The zero-order valence-corrected chi connectivity index (χ0v) is 15.1. The van der Waals surface area contributed by atoms with Crippen LogP contribution in [-0.2, 0) is 19.1 Å². The Morgan fingerprint density at radius 1 is 0.778 bits per heavy atom. The molecule has 0 aromatic carbocycles. The van der Waals surface area contributed by atoms with E-state index >= 15 is 0 Å². The minimum Gasteiger partial charge on any atom is -0.393 e. The van der Waals surface area contributed by atoms with Crippen molar-refractivity contribution in [2.45, 2.75) is 49.2 Å². The summed E-state index contributed by atoms with van der Waals surface area (Å²) in [5.41, 5.74) is -11.7. The van der Waals surface area contributed by atoms with Gasteiger partial charge in [0.1, 0.15) is 0 Å². The molecule has 27 heavy (non-hydrogen) atoms. The quantitative estimate of drug-likeness (QED) is 0.223. The van der Waals surface area contributed by atoms with Crippen LogP contribution in [-0.4, -0.2) is 43.3 Å². The van der Waals surface area contributed by atoms with Crippen LogP contribution in [0.4, 0.5) is 35.1 Å². The fourth-order valence-electron chi connectivity index (χ4n) is 2.36. The first-order valence-electron chi connectivity index (χ1n) is 7.25. The molecule has 0 aliphatic rings. The van der Waals surface area contributed by atoms with Gasteiger partial charge in [0.2, 0.25) is 8.07 Å². The van der Waals surface area contributed by atoms with E-state index in [1.54, 1.807) is 0 Å². The SMILES string of the molecule is C=CC(=O)OC(F)(F)C(F)(F)[Si](CC)(CC)C(F)(F)C(F)(F)OC(=O)C=C. The smallest absolute Gasteiger partial charge is 0.393 e. The van der Waals surface area contributed by atoms with E-state index in [-0.39, 0.29) is 12.2 Å². The molecule has 0 rings (SSSR count). The van der Waals surface area contributed by atoms with E-state index < -0.39 is 55.4 Å². The van der Waals surface area contributed by atoms with Gasteiger partial charge in [0.25, 0.3) is 0 Å². The van der Waals surface area contributed by atoms with E-state index in [9.17, 15) is 44.7 Å². The number of hydrogen-bond donors (Lipinski definition) is 0. The molecule has 0 unspecified atom stereocenters. The lowest BCUT2D eigenvalue weighted by Gasteiger charge is -2.45. The van der Waals surface area contributed by atoms with Crippen molar-refractivity contribution in [3.63, 3.8) is 0 Å². The van der Waals surface area contributed by atoms with Gasteiger partial charge in [-0.25, -0.2) is 27.2 Å². The maximum Gasteiger partial charge on any atom is 0.462 e. The Morgan fingerprint density at radius 3 is 1.22 bits per heavy atom. The van der Waals surface area contributed by atoms with Gasteiger partial charge in [0, 0.05) is 12.2 Å². The van der Waals surface area contributed by atoms with E-state index in [1.165, 1.54) is 0 Å². The lowest BCUT2D eigenvalue weighted by atomic mass is 10.6. The molecular formula is C14H16F8O4Si. The summed E-state index contributed by atoms with van der Waals surface area (Å²) in [6.45, 7) is 6.52. The Labute approximate surface area is 149 Å². The second-order valence-corrected chi connectivity index (χ2v) is 10.1. The summed E-state index contributed by atoms with van der Waals surface area (Å²) in [5, 5.41) is 0. The molecule has 0 saturated heterocycles. The predicted molar refractivity (Wildman–Crippen MR) is 79.1 cm³/mol. The molecule has 0 amide bonds. The van der Waals surface area contributed by atoms with E-state index in [4.69, 9.17) is 0 Å². The Kier molecular flexibility index (Phi) is 7.41. The molecule has 0 aliphatic heterocycles. The fraction of sp³-hybridized carbons (Fsp3) is 0.571. The highest BCUT2D eigenvalue weighted by Gasteiger charge is 2.85. The number of rotatable bonds is 10. The minimum absolute atomic E-state index is 0.0593. The highest BCUT2D eigenvalue weighted by atomic mass is 28.3. The molecule has 0 spiro atoms. The number of esters is 2. The van der Waals surface area contributed by atoms with E-state index in [2.05, 4.69) is 22.6 Å². The molecule has 156 valence electrons. The maximum atomic E-state index is 14.5. The van der Waals surface area contributed by atoms with Gasteiger partial charge in [-0.05, 0) is 12.1 Å². The lowest BCUT2D eigenvalue weighted by Crippen LogP contribution is -2.76. The first kappa shape index (κ1) is 25.1. The zero-order valence-electron chi connectivity index (χ0n) is 14.1. The third-order valence-corrected chi connectivity index (χ3v) is 9.33. The second-order valence-electron chi connectivity index (χ2n) is 5.22. The Bertz CT molecular complexity index is 554. The maximum absolute atomic E-state index is 14.5. The fourth-order valence-corrected chi connectivity index (χ4v) is 6.24. The van der Waals surface area contributed by atoms with Gasteiger partial charge in [-0.15, -0.1) is 0 Å². The monoisotopic (exact) mass is 428 g/mol. The van der Waals surface area contributed by atoms with Gasteiger partial charge in [0.15, 0.2) is 0 Å². The molecule has 0 aromatic rings. The molecule has 0 radical (unpaired) electrons. The Morgan fingerprint density at radius 2 is 1.04 bits per heavy atom. The van der Waals surface area contributed by atoms with E-state index in [1.807, 2.05) is 0 Å². The molecule has 13 heteroatoms. The van der Waals surface area contributed by atoms with Gasteiger partial charge in [-0.2, -0.15) is 17.6 Å². The average molecular weight is 428 g/mol. The number of ether oxygens (including phenoxy) is 2. The van der Waals surface area contributed by atoms with Gasteiger partial charge in [-0.1, -0.05) is 27.0 Å². The van der Waals surface area contributed by atoms with Crippen molar-refractivity contribution in [2.24, 2.45) is 0 Å². The van der Waals surface area contributed by atoms with Crippen LogP contribution in [0.15, 0.2) is 25.3 Å². The van der Waals surface area contributed by atoms with Crippen LogP contribution >= 0.6 is 0 Å². The normalized spacial score (nSPS) is 13.7. The second kappa shape index (κ2) is 7.98. The first-order chi connectivity index (χ1) is 12.0. The van der Waals surface area contributed by atoms with Crippen LogP contribution in [0, 0.1) is 0 Å². The van der Waals surface area contributed by atoms with Crippen LogP contribution in [0.3, 0.4) is 0 Å². The number of halogens is 8. The largest absolute Gasteiger partial charge is 0.462 e. The molecule has 0 aliphatic carbocycles. The number of alkyl halides is 8. The molecule has 0 saturated carbocycles. The summed E-state index contributed by atoms with van der Waals surface area (Å²) < 4.78 is 120. The van der Waals surface area contributed by atoms with Gasteiger partial charge in [-0.3, -0.25) is 0 Å². The Hall–Kier alpha value is -1.92. The van der Waals surface area contributed by atoms with Gasteiger partial charge in [0.05, 0.1) is 0 Å². The van der Waals surface area contributed by atoms with Crippen molar-refractivity contribution < 1.29 is 54.2 Å². The number of hydrogen-bond acceptors (Lipinski definition) is 4. The van der Waals surface area contributed by atoms with Crippen molar-refractivity contribution in [3.05, 3.63) is 25.3 Å². The topological polar surface area (TPSA) is 52.6 Å². The summed E-state index contributed by atoms with van der Waals surface area (Å²) in [6, 6.07) is -2.99. The molecule has 0 N–H and O–H groups in total. The average Bonchev–Trinajstić information content (AvgIpc) is 2.54. The predicted octanol–water partition coefficient (Wildman–Crippen LogP) is 4.47. The standard InChI is InChI=1S/C14H16F8O4Si/c1-5-9(23)25-11(15,16)13(19,20)27(7-3,8-4)14(21,22)12(17,18)26-10(24)6-2/h5-6H,1-2,7-8H2,3-4H3. The highest BCUT2D eigenvalue weighted by Crippen LogP contribution is 2.56. The molecule has 0 fully saturated rings. The zero-order chi connectivity index (χ0) is 21.9. The molecule has 0 heterocycles. The van der Waals surface area contributed by atoms with Crippen LogP contribution in [0.25, 0.3) is 0 Å². The third-order valence-electron chi connectivity index (χ3n) is 3.93. The van der Waals surface area contributed by atoms with E-state index in [0.29, 0.717) is 13.8 Å². The first-order valence-corrected chi connectivity index (χ1v) is 9.67. The highest BCUT2D eigenvalue weighted by molar-refractivity contribution is 6.84. The minimum atomic E-state index is -6.42. The van der Waals surface area contributed by atoms with Crippen molar-refractivity contribution in [3.8, 4) is 0 Å². The van der Waals surface area contributed by atoms with Crippen molar-refractivity contribution in [1.82, 2.24) is 0 Å². The van der Waals surface area contributed by atoms with Crippen molar-refractivity contribution in [2.75, 3.05) is 0 Å². The molecule has 4 nitrogen and oxygen atoms in total. The molecule has 0 atom stereocenters. The lowest BCUT2D eigenvalue weighted by molar-refractivity contribution is -0.325. The van der Waals surface area contributed by atoms with Crippen LogP contribution in [0.1, 0.15) is 13.8 Å². The van der Waals surface area contributed by atoms with Crippen LogP contribution in [0.2, 0.25) is 12.1 Å². The van der Waals surface area contributed by atoms with Crippen molar-refractivity contribution >= 4 is 20.0 Å². The number of carbonyl (C=O) groups excluding carboxylic acids is 2. The summed E-state index contributed by atoms with van der Waals surface area (Å²) >= 11 is 0. The van der Waals surface area contributed by atoms with E-state index in [0.717, 1.165) is 0 Å².